The van der Waals surface area contributed by atoms with Gasteiger partial charge in [0.15, 0.2) is 0 Å². The number of hydrogen-bond donors (Lipinski definition) is 1. The molecule has 1 aromatic rings. The number of aliphatic hydroxyl groups excluding tert-OH is 1. The van der Waals surface area contributed by atoms with E-state index in [4.69, 9.17) is 27.9 Å². The van der Waals surface area contributed by atoms with E-state index in [1.165, 1.54) is 0 Å². The van der Waals surface area contributed by atoms with Gasteiger partial charge in [-0.25, -0.2) is 0 Å². The minimum Gasteiger partial charge on any atom is -0.388 e. The highest BCUT2D eigenvalue weighted by atomic mass is 35.5. The SMILES string of the molecule is OC(c1cc(Cl)ccc1Cl)C1CCOC2(CCSCC2)C1. The van der Waals surface area contributed by atoms with Crippen LogP contribution in [0, 0.1) is 5.92 Å². The molecule has 21 heavy (non-hydrogen) atoms. The molecule has 2 heterocycles. The Kier molecular flexibility index (Phi) is 5.07. The number of benzene rings is 1. The van der Waals surface area contributed by atoms with Crippen LogP contribution in [0.4, 0.5) is 0 Å². The second-order valence-corrected chi connectivity index (χ2v) is 8.08. The Balaban J connectivity index is 1.77. The van der Waals surface area contributed by atoms with Gasteiger partial charge in [-0.2, -0.15) is 11.8 Å². The molecule has 2 unspecified atom stereocenters. The molecule has 0 amide bonds. The van der Waals surface area contributed by atoms with E-state index < -0.39 is 6.10 Å². The van der Waals surface area contributed by atoms with Gasteiger partial charge in [0, 0.05) is 22.2 Å². The van der Waals surface area contributed by atoms with Crippen molar-refractivity contribution < 1.29 is 9.84 Å². The Morgan fingerprint density at radius 1 is 1.29 bits per heavy atom. The predicted octanol–water partition coefficient (Wildman–Crippen LogP) is 4.72. The quantitative estimate of drug-likeness (QED) is 0.839. The molecule has 1 spiro atoms. The summed E-state index contributed by atoms with van der Waals surface area (Å²) < 4.78 is 6.09. The number of ether oxygens (including phenoxy) is 1. The van der Waals surface area contributed by atoms with Crippen molar-refractivity contribution in [1.29, 1.82) is 0 Å². The molecular weight excluding hydrogens is 327 g/mol. The van der Waals surface area contributed by atoms with Gasteiger partial charge in [0.2, 0.25) is 0 Å². The Morgan fingerprint density at radius 2 is 2.05 bits per heavy atom. The van der Waals surface area contributed by atoms with Crippen molar-refractivity contribution in [3.8, 4) is 0 Å². The first kappa shape index (κ1) is 15.9. The van der Waals surface area contributed by atoms with Crippen LogP contribution in [0.1, 0.15) is 37.4 Å². The summed E-state index contributed by atoms with van der Waals surface area (Å²) in [5, 5.41) is 12.0. The highest BCUT2D eigenvalue weighted by molar-refractivity contribution is 7.99. The summed E-state index contributed by atoms with van der Waals surface area (Å²) in [7, 11) is 0. The van der Waals surface area contributed by atoms with E-state index in [2.05, 4.69) is 0 Å². The molecular formula is C16H20Cl2O2S. The van der Waals surface area contributed by atoms with E-state index in [1.54, 1.807) is 18.2 Å². The summed E-state index contributed by atoms with van der Waals surface area (Å²) >= 11 is 14.3. The molecule has 0 aliphatic carbocycles. The van der Waals surface area contributed by atoms with Crippen molar-refractivity contribution >= 4 is 35.0 Å². The molecule has 1 aromatic carbocycles. The van der Waals surface area contributed by atoms with E-state index in [-0.39, 0.29) is 11.5 Å². The number of hydrogen-bond acceptors (Lipinski definition) is 3. The third-order valence-corrected chi connectivity index (χ3v) is 6.22. The van der Waals surface area contributed by atoms with Gasteiger partial charge >= 0.3 is 0 Å². The smallest absolute Gasteiger partial charge is 0.0835 e. The first-order valence-corrected chi connectivity index (χ1v) is 9.35. The minimum atomic E-state index is -0.563. The summed E-state index contributed by atoms with van der Waals surface area (Å²) in [6, 6.07) is 5.30. The van der Waals surface area contributed by atoms with Crippen molar-refractivity contribution in [3.05, 3.63) is 33.8 Å². The first-order valence-electron chi connectivity index (χ1n) is 7.44. The van der Waals surface area contributed by atoms with Gasteiger partial charge in [-0.15, -0.1) is 0 Å². The van der Waals surface area contributed by atoms with Gasteiger partial charge in [0.05, 0.1) is 11.7 Å². The average molecular weight is 347 g/mol. The summed E-state index contributed by atoms with van der Waals surface area (Å²) in [6.45, 7) is 0.727. The lowest BCUT2D eigenvalue weighted by Crippen LogP contribution is -2.44. The van der Waals surface area contributed by atoms with Gasteiger partial charge < -0.3 is 9.84 Å². The van der Waals surface area contributed by atoms with Crippen LogP contribution < -0.4 is 0 Å². The fourth-order valence-corrected chi connectivity index (χ4v) is 5.07. The zero-order valence-electron chi connectivity index (χ0n) is 11.9. The van der Waals surface area contributed by atoms with Crippen LogP contribution in [0.15, 0.2) is 18.2 Å². The summed E-state index contributed by atoms with van der Waals surface area (Å²) in [5.74, 6) is 2.50. The van der Waals surface area contributed by atoms with E-state index in [1.807, 2.05) is 11.8 Å². The summed E-state index contributed by atoms with van der Waals surface area (Å²) in [5.41, 5.74) is 0.719. The summed E-state index contributed by atoms with van der Waals surface area (Å²) in [6.07, 6.45) is 3.40. The monoisotopic (exact) mass is 346 g/mol. The minimum absolute atomic E-state index is 0.0276. The molecule has 2 atom stereocenters. The Labute approximate surface area is 140 Å². The maximum absolute atomic E-state index is 10.8. The molecule has 2 nitrogen and oxygen atoms in total. The van der Waals surface area contributed by atoms with Gasteiger partial charge in [0.25, 0.3) is 0 Å². The van der Waals surface area contributed by atoms with Gasteiger partial charge in [-0.3, -0.25) is 0 Å². The predicted molar refractivity (Wildman–Crippen MR) is 89.4 cm³/mol. The molecule has 2 fully saturated rings. The highest BCUT2D eigenvalue weighted by Crippen LogP contribution is 2.44. The van der Waals surface area contributed by atoms with E-state index in [0.717, 1.165) is 49.4 Å². The third-order valence-electron chi connectivity index (χ3n) is 4.66. The van der Waals surface area contributed by atoms with Crippen LogP contribution in [0.2, 0.25) is 10.0 Å². The highest BCUT2D eigenvalue weighted by Gasteiger charge is 2.41. The van der Waals surface area contributed by atoms with Crippen molar-refractivity contribution in [2.45, 2.75) is 37.4 Å². The van der Waals surface area contributed by atoms with Crippen molar-refractivity contribution in [2.75, 3.05) is 18.1 Å². The number of halogens is 2. The molecule has 116 valence electrons. The second-order valence-electron chi connectivity index (χ2n) is 6.01. The third kappa shape index (κ3) is 3.53. The molecule has 0 saturated carbocycles. The zero-order chi connectivity index (χ0) is 14.9. The topological polar surface area (TPSA) is 29.5 Å². The van der Waals surface area contributed by atoms with E-state index in [0.29, 0.717) is 10.0 Å². The fraction of sp³-hybridized carbons (Fsp3) is 0.625. The number of thioether (sulfide) groups is 1. The lowest BCUT2D eigenvalue weighted by molar-refractivity contribution is -0.121. The van der Waals surface area contributed by atoms with Crippen molar-refractivity contribution in [3.63, 3.8) is 0 Å². The molecule has 1 N–H and O–H groups in total. The van der Waals surface area contributed by atoms with Crippen LogP contribution in [0.3, 0.4) is 0 Å². The Morgan fingerprint density at radius 3 is 2.81 bits per heavy atom. The zero-order valence-corrected chi connectivity index (χ0v) is 14.2. The molecule has 2 aliphatic heterocycles. The fourth-order valence-electron chi connectivity index (χ4n) is 3.42. The molecule has 3 rings (SSSR count). The summed E-state index contributed by atoms with van der Waals surface area (Å²) in [4.78, 5) is 0. The number of aliphatic hydroxyl groups is 1. The van der Waals surface area contributed by atoms with E-state index in [9.17, 15) is 5.11 Å². The van der Waals surface area contributed by atoms with Gasteiger partial charge in [-0.1, -0.05) is 23.2 Å². The van der Waals surface area contributed by atoms with Crippen LogP contribution >= 0.6 is 35.0 Å². The molecule has 5 heteroatoms. The molecule has 0 radical (unpaired) electrons. The van der Waals surface area contributed by atoms with Crippen LogP contribution in [0.25, 0.3) is 0 Å². The maximum atomic E-state index is 10.8. The Hall–Kier alpha value is 0.0700. The standard InChI is InChI=1S/C16H20Cl2O2S/c17-12-1-2-14(18)13(9-12)15(19)11-3-6-20-16(10-11)4-7-21-8-5-16/h1-2,9,11,15,19H,3-8,10H2. The van der Waals surface area contributed by atoms with Crippen LogP contribution in [0.5, 0.6) is 0 Å². The molecule has 0 aromatic heterocycles. The largest absolute Gasteiger partial charge is 0.388 e. The molecule has 0 bridgehead atoms. The normalized spacial score (nSPS) is 26.7. The van der Waals surface area contributed by atoms with Crippen LogP contribution in [-0.4, -0.2) is 28.8 Å². The molecule has 2 saturated heterocycles. The lowest BCUT2D eigenvalue weighted by atomic mass is 9.78. The average Bonchev–Trinajstić information content (AvgIpc) is 2.50. The number of rotatable bonds is 2. The molecule has 2 aliphatic rings. The van der Waals surface area contributed by atoms with Crippen LogP contribution in [-0.2, 0) is 4.74 Å². The lowest BCUT2D eigenvalue weighted by Gasteiger charge is -2.44. The Bertz CT molecular complexity index is 498. The maximum Gasteiger partial charge on any atom is 0.0835 e. The first-order chi connectivity index (χ1) is 10.1. The van der Waals surface area contributed by atoms with Crippen molar-refractivity contribution in [2.24, 2.45) is 5.92 Å². The van der Waals surface area contributed by atoms with E-state index >= 15 is 0 Å². The van der Waals surface area contributed by atoms with Gasteiger partial charge in [0.1, 0.15) is 0 Å². The second kappa shape index (κ2) is 6.67. The van der Waals surface area contributed by atoms with Crippen molar-refractivity contribution in [1.82, 2.24) is 0 Å². The van der Waals surface area contributed by atoms with Gasteiger partial charge in [-0.05, 0) is 61.3 Å².